The van der Waals surface area contributed by atoms with E-state index in [2.05, 4.69) is 11.9 Å². The van der Waals surface area contributed by atoms with E-state index in [0.29, 0.717) is 29.0 Å². The minimum atomic E-state index is -0.853. The first kappa shape index (κ1) is 20.8. The Morgan fingerprint density at radius 2 is 2.13 bits per heavy atom. The molecule has 4 rings (SSSR count). The number of ketones is 1. The van der Waals surface area contributed by atoms with Gasteiger partial charge in [-0.1, -0.05) is 13.8 Å². The van der Waals surface area contributed by atoms with E-state index in [9.17, 15) is 14.7 Å². The quantitative estimate of drug-likeness (QED) is 0.584. The Morgan fingerprint density at radius 3 is 2.87 bits per heavy atom. The van der Waals surface area contributed by atoms with E-state index in [1.54, 1.807) is 35.6 Å². The summed E-state index contributed by atoms with van der Waals surface area (Å²) in [7, 11) is 0. The second kappa shape index (κ2) is 8.70. The fourth-order valence-electron chi connectivity index (χ4n) is 3.91. The number of hydrogen-bond acceptors (Lipinski definition) is 6. The Hall–Kier alpha value is -2.51. The molecule has 0 saturated carbocycles. The first-order chi connectivity index (χ1) is 14.5. The van der Waals surface area contributed by atoms with Crippen molar-refractivity contribution in [2.45, 2.75) is 52.2 Å². The summed E-state index contributed by atoms with van der Waals surface area (Å²) in [5.41, 5.74) is 1.70. The normalized spacial score (nSPS) is 17.0. The van der Waals surface area contributed by atoms with Crippen LogP contribution in [0.1, 0.15) is 47.5 Å². The second-order valence-electron chi connectivity index (χ2n) is 8.00. The van der Waals surface area contributed by atoms with Crippen molar-refractivity contribution in [1.29, 1.82) is 0 Å². The van der Waals surface area contributed by atoms with Crippen LogP contribution in [0.2, 0.25) is 0 Å². The van der Waals surface area contributed by atoms with Crippen LogP contribution >= 0.6 is 11.3 Å². The summed E-state index contributed by atoms with van der Waals surface area (Å²) in [6.07, 6.45) is 4.14. The molecule has 0 amide bonds. The molecule has 0 radical (unpaired) electrons. The highest BCUT2D eigenvalue weighted by atomic mass is 32.1. The van der Waals surface area contributed by atoms with Crippen LogP contribution in [0.25, 0.3) is 10.2 Å². The minimum Gasteiger partial charge on any atom is -0.491 e. The molecule has 0 saturated heterocycles. The molecule has 0 fully saturated rings. The summed E-state index contributed by atoms with van der Waals surface area (Å²) in [5, 5.41) is 11.1. The zero-order valence-corrected chi connectivity index (χ0v) is 18.1. The van der Waals surface area contributed by atoms with E-state index in [4.69, 9.17) is 4.74 Å². The Balaban J connectivity index is 1.44. The molecule has 3 aromatic rings. The van der Waals surface area contributed by atoms with Crippen LogP contribution in [0.4, 0.5) is 0 Å². The maximum absolute atomic E-state index is 13.0. The van der Waals surface area contributed by atoms with Crippen LogP contribution in [-0.4, -0.2) is 33.2 Å². The number of ether oxygens (including phenoxy) is 1. The van der Waals surface area contributed by atoms with Gasteiger partial charge in [-0.15, -0.1) is 11.3 Å². The highest BCUT2D eigenvalue weighted by Gasteiger charge is 2.23. The lowest BCUT2D eigenvalue weighted by Gasteiger charge is -2.17. The number of rotatable bonds is 7. The Kier molecular flexibility index (Phi) is 6.01. The summed E-state index contributed by atoms with van der Waals surface area (Å²) in [5.74, 6) is 1.29. The third-order valence-electron chi connectivity index (χ3n) is 5.63. The summed E-state index contributed by atoms with van der Waals surface area (Å²) in [6, 6.07) is 6.87. The number of benzene rings is 1. The topological polar surface area (TPSA) is 81.4 Å². The number of aromatic nitrogens is 2. The van der Waals surface area contributed by atoms with Crippen LogP contribution in [0.3, 0.4) is 0 Å². The van der Waals surface area contributed by atoms with Gasteiger partial charge in [-0.3, -0.25) is 14.2 Å². The van der Waals surface area contributed by atoms with E-state index in [1.165, 1.54) is 15.8 Å². The van der Waals surface area contributed by atoms with Gasteiger partial charge in [-0.25, -0.2) is 4.98 Å². The average Bonchev–Trinajstić information content (AvgIpc) is 3.12. The molecule has 0 unspecified atom stereocenters. The van der Waals surface area contributed by atoms with E-state index in [1.807, 2.05) is 6.92 Å². The number of hydrogen-bond donors (Lipinski definition) is 1. The van der Waals surface area contributed by atoms with Crippen LogP contribution in [0.15, 0.2) is 35.4 Å². The number of thiophene rings is 1. The Morgan fingerprint density at radius 1 is 1.37 bits per heavy atom. The highest BCUT2D eigenvalue weighted by Crippen LogP contribution is 2.35. The van der Waals surface area contributed by atoms with Crippen molar-refractivity contribution in [3.05, 3.63) is 57.0 Å². The first-order valence-corrected chi connectivity index (χ1v) is 11.2. The lowest BCUT2D eigenvalue weighted by atomic mass is 9.89. The van der Waals surface area contributed by atoms with Gasteiger partial charge in [0.2, 0.25) is 0 Å². The standard InChI is InChI=1S/C23H26N2O4S/c1-3-19(27)15-5-7-17(8-6-15)29-12-16(26)11-25-13-24-22-21(23(25)28)18-9-4-14(2)10-20(18)30-22/h5-8,13-14,16,26H,3-4,9-12H2,1-2H3/t14-,16-/m0/s1. The molecule has 2 atom stereocenters. The van der Waals surface area contributed by atoms with E-state index in [-0.39, 0.29) is 24.5 Å². The molecule has 1 N–H and O–H groups in total. The predicted octanol–water partition coefficient (Wildman–Crippen LogP) is 3.62. The molecule has 0 aliphatic heterocycles. The predicted molar refractivity (Wildman–Crippen MR) is 118 cm³/mol. The van der Waals surface area contributed by atoms with Crippen molar-refractivity contribution in [3.63, 3.8) is 0 Å². The zero-order chi connectivity index (χ0) is 21.3. The van der Waals surface area contributed by atoms with Crippen molar-refractivity contribution in [3.8, 4) is 5.75 Å². The second-order valence-corrected chi connectivity index (χ2v) is 9.08. The molecule has 2 heterocycles. The number of aliphatic hydroxyl groups excluding tert-OH is 1. The van der Waals surface area contributed by atoms with E-state index >= 15 is 0 Å². The maximum atomic E-state index is 13.0. The Labute approximate surface area is 179 Å². The van der Waals surface area contributed by atoms with Gasteiger partial charge in [0.05, 0.1) is 18.3 Å². The molecule has 6 nitrogen and oxygen atoms in total. The first-order valence-electron chi connectivity index (χ1n) is 10.4. The van der Waals surface area contributed by atoms with Crippen molar-refractivity contribution in [2.24, 2.45) is 5.92 Å². The van der Waals surface area contributed by atoms with Gasteiger partial charge in [0.15, 0.2) is 5.78 Å². The fourth-order valence-corrected chi connectivity index (χ4v) is 5.25. The summed E-state index contributed by atoms with van der Waals surface area (Å²) >= 11 is 1.62. The van der Waals surface area contributed by atoms with E-state index < -0.39 is 6.10 Å². The Bertz CT molecular complexity index is 1120. The molecule has 0 spiro atoms. The lowest BCUT2D eigenvalue weighted by Crippen LogP contribution is -2.30. The third kappa shape index (κ3) is 4.18. The van der Waals surface area contributed by atoms with Crippen molar-refractivity contribution in [1.82, 2.24) is 9.55 Å². The number of nitrogens with zero attached hydrogens (tertiary/aromatic N) is 2. The highest BCUT2D eigenvalue weighted by molar-refractivity contribution is 7.18. The number of fused-ring (bicyclic) bond motifs is 3. The molecule has 30 heavy (non-hydrogen) atoms. The van der Waals surface area contributed by atoms with Crippen LogP contribution in [0.5, 0.6) is 5.75 Å². The van der Waals surface area contributed by atoms with Crippen molar-refractivity contribution >= 4 is 27.3 Å². The van der Waals surface area contributed by atoms with Crippen molar-refractivity contribution < 1.29 is 14.6 Å². The van der Waals surface area contributed by atoms with Gasteiger partial charge in [-0.05, 0) is 55.0 Å². The van der Waals surface area contributed by atoms with Gasteiger partial charge >= 0.3 is 0 Å². The van der Waals surface area contributed by atoms with Crippen molar-refractivity contribution in [2.75, 3.05) is 6.61 Å². The summed E-state index contributed by atoms with van der Waals surface area (Å²) < 4.78 is 7.10. The van der Waals surface area contributed by atoms with Crippen LogP contribution in [0, 0.1) is 5.92 Å². The van der Waals surface area contributed by atoms with Crippen LogP contribution in [-0.2, 0) is 19.4 Å². The number of carbonyl (C=O) groups is 1. The molecule has 158 valence electrons. The number of Topliss-reactive ketones (excluding diaryl/α,β-unsaturated/α-hetero) is 1. The molecule has 1 aliphatic rings. The van der Waals surface area contributed by atoms with Gasteiger partial charge in [0.25, 0.3) is 5.56 Å². The SMILES string of the molecule is CCC(=O)c1ccc(OC[C@@H](O)Cn2cnc3sc4c(c3c2=O)CC[C@H](C)C4)cc1. The third-order valence-corrected chi connectivity index (χ3v) is 6.79. The average molecular weight is 427 g/mol. The largest absolute Gasteiger partial charge is 0.491 e. The van der Waals surface area contributed by atoms with Gasteiger partial charge in [-0.2, -0.15) is 0 Å². The minimum absolute atomic E-state index is 0.0464. The van der Waals surface area contributed by atoms with Crippen LogP contribution < -0.4 is 10.3 Å². The van der Waals surface area contributed by atoms with Gasteiger partial charge < -0.3 is 9.84 Å². The van der Waals surface area contributed by atoms with Gasteiger partial charge in [0.1, 0.15) is 23.3 Å². The molecular formula is C23H26N2O4S. The smallest absolute Gasteiger partial charge is 0.262 e. The molecule has 7 heteroatoms. The maximum Gasteiger partial charge on any atom is 0.262 e. The number of aliphatic hydroxyl groups is 1. The fraction of sp³-hybridized carbons (Fsp3) is 0.435. The molecular weight excluding hydrogens is 400 g/mol. The molecule has 2 aromatic heterocycles. The van der Waals surface area contributed by atoms with E-state index in [0.717, 1.165) is 29.7 Å². The molecule has 1 aliphatic carbocycles. The summed E-state index contributed by atoms with van der Waals surface area (Å²) in [6.45, 7) is 4.23. The molecule has 0 bridgehead atoms. The lowest BCUT2D eigenvalue weighted by molar-refractivity contribution is 0.0913. The number of aryl methyl sites for hydroxylation is 1. The number of carbonyl (C=O) groups excluding carboxylic acids is 1. The molecule has 1 aromatic carbocycles. The summed E-state index contributed by atoms with van der Waals surface area (Å²) in [4.78, 5) is 31.3. The monoisotopic (exact) mass is 426 g/mol. The van der Waals surface area contributed by atoms with Gasteiger partial charge in [0, 0.05) is 16.9 Å². The zero-order valence-electron chi connectivity index (χ0n) is 17.3.